The van der Waals surface area contributed by atoms with Gasteiger partial charge in [-0.05, 0) is 18.3 Å². The van der Waals surface area contributed by atoms with Gasteiger partial charge in [0.2, 0.25) is 0 Å². The summed E-state index contributed by atoms with van der Waals surface area (Å²) < 4.78 is 1.89. The number of hydrogen-bond donors (Lipinski definition) is 0. The number of hydrogen-bond acceptors (Lipinski definition) is 3. The van der Waals surface area contributed by atoms with E-state index < -0.39 is 0 Å². The summed E-state index contributed by atoms with van der Waals surface area (Å²) in [5.41, 5.74) is 0.744. The van der Waals surface area contributed by atoms with Crippen LogP contribution in [0, 0.1) is 11.8 Å². The van der Waals surface area contributed by atoms with E-state index in [-0.39, 0.29) is 5.91 Å². The molecule has 0 aromatic carbocycles. The third kappa shape index (κ3) is 1.92. The summed E-state index contributed by atoms with van der Waals surface area (Å²) in [6.07, 6.45) is 4.81. The Morgan fingerprint density at radius 3 is 2.83 bits per heavy atom. The zero-order valence-electron chi connectivity index (χ0n) is 10.7. The molecular formula is C13H17N3OS. The minimum atomic E-state index is 0.137. The van der Waals surface area contributed by atoms with Crippen molar-refractivity contribution < 1.29 is 4.79 Å². The van der Waals surface area contributed by atoms with E-state index in [4.69, 9.17) is 0 Å². The molecule has 1 aliphatic rings. The number of nitrogens with zero attached hydrogens (tertiary/aromatic N) is 3. The third-order valence-corrected chi connectivity index (χ3v) is 4.37. The van der Waals surface area contributed by atoms with Crippen molar-refractivity contribution in [1.29, 1.82) is 0 Å². The van der Waals surface area contributed by atoms with E-state index in [1.807, 2.05) is 20.9 Å². The second-order valence-corrected chi connectivity index (χ2v) is 6.19. The SMILES string of the molecule is CC1CC(C)CN(C(=O)c2csc3nccn23)C1. The van der Waals surface area contributed by atoms with Crippen molar-refractivity contribution in [2.45, 2.75) is 20.3 Å². The lowest BCUT2D eigenvalue weighted by Crippen LogP contribution is -2.42. The number of fused-ring (bicyclic) bond motifs is 1. The molecule has 5 heteroatoms. The number of aromatic nitrogens is 2. The summed E-state index contributed by atoms with van der Waals surface area (Å²) in [7, 11) is 0. The zero-order chi connectivity index (χ0) is 12.7. The summed E-state index contributed by atoms with van der Waals surface area (Å²) in [6.45, 7) is 6.18. The van der Waals surface area contributed by atoms with Gasteiger partial charge in [-0.1, -0.05) is 13.8 Å². The summed E-state index contributed by atoms with van der Waals surface area (Å²) in [5.74, 6) is 1.32. The van der Waals surface area contributed by atoms with E-state index in [1.54, 1.807) is 6.20 Å². The van der Waals surface area contributed by atoms with E-state index in [1.165, 1.54) is 17.8 Å². The minimum Gasteiger partial charge on any atom is -0.337 e. The van der Waals surface area contributed by atoms with Crippen molar-refractivity contribution in [3.05, 3.63) is 23.5 Å². The average molecular weight is 263 g/mol. The average Bonchev–Trinajstić information content (AvgIpc) is 2.88. The van der Waals surface area contributed by atoms with Gasteiger partial charge in [0.05, 0.1) is 0 Å². The van der Waals surface area contributed by atoms with Crippen LogP contribution >= 0.6 is 11.3 Å². The van der Waals surface area contributed by atoms with Crippen LogP contribution in [0.5, 0.6) is 0 Å². The molecule has 0 spiro atoms. The van der Waals surface area contributed by atoms with Crippen molar-refractivity contribution in [1.82, 2.24) is 14.3 Å². The molecule has 4 nitrogen and oxygen atoms in total. The molecule has 0 saturated carbocycles. The Hall–Kier alpha value is -1.36. The van der Waals surface area contributed by atoms with Gasteiger partial charge in [-0.25, -0.2) is 4.98 Å². The van der Waals surface area contributed by atoms with Gasteiger partial charge in [0.1, 0.15) is 5.69 Å². The summed E-state index contributed by atoms with van der Waals surface area (Å²) >= 11 is 1.52. The number of imidazole rings is 1. The van der Waals surface area contributed by atoms with Crippen LogP contribution in [-0.2, 0) is 0 Å². The fourth-order valence-electron chi connectivity index (χ4n) is 2.87. The molecule has 0 bridgehead atoms. The first-order chi connectivity index (χ1) is 8.65. The molecular weight excluding hydrogens is 246 g/mol. The molecule has 0 N–H and O–H groups in total. The monoisotopic (exact) mass is 263 g/mol. The van der Waals surface area contributed by atoms with Gasteiger partial charge in [0.15, 0.2) is 4.96 Å². The molecule has 2 atom stereocenters. The van der Waals surface area contributed by atoms with Crippen LogP contribution in [0.25, 0.3) is 4.96 Å². The molecule has 1 amide bonds. The number of amides is 1. The largest absolute Gasteiger partial charge is 0.337 e. The molecule has 2 aromatic heterocycles. The van der Waals surface area contributed by atoms with E-state index in [0.29, 0.717) is 11.8 Å². The molecule has 1 fully saturated rings. The van der Waals surface area contributed by atoms with Gasteiger partial charge in [-0.2, -0.15) is 0 Å². The van der Waals surface area contributed by atoms with Crippen molar-refractivity contribution in [3.8, 4) is 0 Å². The summed E-state index contributed by atoms with van der Waals surface area (Å²) in [5, 5.41) is 1.91. The first kappa shape index (κ1) is 11.7. The molecule has 3 rings (SSSR count). The number of carbonyl (C=O) groups is 1. The van der Waals surface area contributed by atoms with Crippen molar-refractivity contribution in [2.24, 2.45) is 11.8 Å². The molecule has 1 saturated heterocycles. The van der Waals surface area contributed by atoms with E-state index in [0.717, 1.165) is 23.7 Å². The van der Waals surface area contributed by atoms with E-state index in [9.17, 15) is 4.79 Å². The Morgan fingerprint density at radius 2 is 2.11 bits per heavy atom. The molecule has 18 heavy (non-hydrogen) atoms. The molecule has 2 unspecified atom stereocenters. The number of rotatable bonds is 1. The molecule has 96 valence electrons. The maximum Gasteiger partial charge on any atom is 0.271 e. The highest BCUT2D eigenvalue weighted by Crippen LogP contribution is 2.24. The topological polar surface area (TPSA) is 37.6 Å². The fourth-order valence-corrected chi connectivity index (χ4v) is 3.70. The van der Waals surface area contributed by atoms with Gasteiger partial charge in [0.25, 0.3) is 5.91 Å². The van der Waals surface area contributed by atoms with Crippen LogP contribution in [0.1, 0.15) is 30.8 Å². The number of carbonyl (C=O) groups excluding carboxylic acids is 1. The second-order valence-electron chi connectivity index (χ2n) is 5.36. The Labute approximate surface area is 110 Å². The summed E-state index contributed by atoms with van der Waals surface area (Å²) in [6, 6.07) is 0. The lowest BCUT2D eigenvalue weighted by atomic mass is 9.92. The number of likely N-dealkylation sites (tertiary alicyclic amines) is 1. The standard InChI is InChI=1S/C13H17N3OS/c1-9-5-10(2)7-15(6-9)12(17)11-8-18-13-14-3-4-16(11)13/h3-4,8-10H,5-7H2,1-2H3. The van der Waals surface area contributed by atoms with Crippen molar-refractivity contribution in [2.75, 3.05) is 13.1 Å². The molecule has 1 aliphatic heterocycles. The lowest BCUT2D eigenvalue weighted by Gasteiger charge is -2.34. The van der Waals surface area contributed by atoms with Crippen LogP contribution in [0.15, 0.2) is 17.8 Å². The van der Waals surface area contributed by atoms with Crippen LogP contribution in [0.2, 0.25) is 0 Å². The normalized spacial score (nSPS) is 24.7. The highest BCUT2D eigenvalue weighted by atomic mass is 32.1. The van der Waals surface area contributed by atoms with E-state index >= 15 is 0 Å². The van der Waals surface area contributed by atoms with Crippen LogP contribution < -0.4 is 0 Å². The maximum atomic E-state index is 12.5. The first-order valence-corrected chi connectivity index (χ1v) is 7.23. The Morgan fingerprint density at radius 1 is 1.39 bits per heavy atom. The Balaban J connectivity index is 1.88. The molecule has 2 aromatic rings. The molecule has 0 aliphatic carbocycles. The molecule has 0 radical (unpaired) electrons. The third-order valence-electron chi connectivity index (χ3n) is 3.52. The van der Waals surface area contributed by atoms with Gasteiger partial charge in [-0.3, -0.25) is 9.20 Å². The second kappa shape index (κ2) is 4.39. The number of piperidine rings is 1. The Kier molecular flexibility index (Phi) is 2.86. The van der Waals surface area contributed by atoms with Crippen molar-refractivity contribution in [3.63, 3.8) is 0 Å². The Bertz CT molecular complexity index is 564. The quantitative estimate of drug-likeness (QED) is 0.793. The van der Waals surface area contributed by atoms with Crippen LogP contribution in [0.3, 0.4) is 0 Å². The van der Waals surface area contributed by atoms with Gasteiger partial charge < -0.3 is 4.90 Å². The van der Waals surface area contributed by atoms with Crippen LogP contribution in [0.4, 0.5) is 0 Å². The highest BCUT2D eigenvalue weighted by molar-refractivity contribution is 7.15. The first-order valence-electron chi connectivity index (χ1n) is 6.35. The van der Waals surface area contributed by atoms with Crippen LogP contribution in [-0.4, -0.2) is 33.3 Å². The minimum absolute atomic E-state index is 0.137. The van der Waals surface area contributed by atoms with Gasteiger partial charge in [-0.15, -0.1) is 11.3 Å². The fraction of sp³-hybridized carbons (Fsp3) is 0.538. The maximum absolute atomic E-state index is 12.5. The predicted octanol–water partition coefficient (Wildman–Crippen LogP) is 2.51. The zero-order valence-corrected chi connectivity index (χ0v) is 11.5. The lowest BCUT2D eigenvalue weighted by molar-refractivity contribution is 0.0616. The summed E-state index contributed by atoms with van der Waals surface area (Å²) in [4.78, 5) is 19.6. The highest BCUT2D eigenvalue weighted by Gasteiger charge is 2.27. The van der Waals surface area contributed by atoms with Crippen molar-refractivity contribution >= 4 is 22.2 Å². The van der Waals surface area contributed by atoms with Gasteiger partial charge >= 0.3 is 0 Å². The molecule has 3 heterocycles. The number of thiazole rings is 1. The predicted molar refractivity (Wildman–Crippen MR) is 71.9 cm³/mol. The van der Waals surface area contributed by atoms with E-state index in [2.05, 4.69) is 18.8 Å². The smallest absolute Gasteiger partial charge is 0.271 e. The van der Waals surface area contributed by atoms with Gasteiger partial charge in [0, 0.05) is 30.9 Å².